The number of carboxylic acids is 1. The SMILES string of the molecule is Cc1nnc2c(NCc3ccc(C(=O)O)nc3)nccn12. The van der Waals surface area contributed by atoms with Crippen molar-refractivity contribution in [1.29, 1.82) is 0 Å². The van der Waals surface area contributed by atoms with E-state index < -0.39 is 5.97 Å². The molecule has 0 fully saturated rings. The molecule has 0 unspecified atom stereocenters. The quantitative estimate of drug-likeness (QED) is 0.740. The molecule has 0 atom stereocenters. The second-order valence-corrected chi connectivity index (χ2v) is 4.43. The number of pyridine rings is 1. The van der Waals surface area contributed by atoms with E-state index in [4.69, 9.17) is 5.11 Å². The van der Waals surface area contributed by atoms with Crippen molar-refractivity contribution in [3.05, 3.63) is 47.8 Å². The molecule has 3 aromatic heterocycles. The Morgan fingerprint density at radius 1 is 1.33 bits per heavy atom. The third-order valence-corrected chi connectivity index (χ3v) is 3.00. The van der Waals surface area contributed by atoms with E-state index in [9.17, 15) is 4.79 Å². The summed E-state index contributed by atoms with van der Waals surface area (Å²) in [6.07, 6.45) is 4.97. The van der Waals surface area contributed by atoms with Gasteiger partial charge >= 0.3 is 5.97 Å². The number of rotatable bonds is 4. The van der Waals surface area contributed by atoms with Crippen LogP contribution < -0.4 is 5.32 Å². The number of anilines is 1. The van der Waals surface area contributed by atoms with Crippen LogP contribution in [0.4, 0.5) is 5.82 Å². The van der Waals surface area contributed by atoms with Gasteiger partial charge in [0.1, 0.15) is 11.5 Å². The summed E-state index contributed by atoms with van der Waals surface area (Å²) in [4.78, 5) is 18.8. The average molecular weight is 284 g/mol. The number of aromatic carboxylic acids is 1. The first-order valence-corrected chi connectivity index (χ1v) is 6.23. The Morgan fingerprint density at radius 3 is 2.90 bits per heavy atom. The smallest absolute Gasteiger partial charge is 0.354 e. The molecule has 3 aromatic rings. The van der Waals surface area contributed by atoms with Crippen molar-refractivity contribution in [3.63, 3.8) is 0 Å². The van der Waals surface area contributed by atoms with E-state index in [1.165, 1.54) is 12.3 Å². The Hall–Kier alpha value is -3.03. The molecule has 0 aliphatic carbocycles. The van der Waals surface area contributed by atoms with Gasteiger partial charge in [0.2, 0.25) is 5.65 Å². The number of carbonyl (C=O) groups is 1. The number of aryl methyl sites for hydroxylation is 1. The molecule has 8 heteroatoms. The molecule has 8 nitrogen and oxygen atoms in total. The topological polar surface area (TPSA) is 105 Å². The summed E-state index contributed by atoms with van der Waals surface area (Å²) in [5.41, 5.74) is 1.51. The number of hydrogen-bond donors (Lipinski definition) is 2. The Balaban J connectivity index is 1.78. The second-order valence-electron chi connectivity index (χ2n) is 4.43. The van der Waals surface area contributed by atoms with E-state index in [1.54, 1.807) is 18.5 Å². The van der Waals surface area contributed by atoms with Crippen molar-refractivity contribution in [2.45, 2.75) is 13.5 Å². The summed E-state index contributed by atoms with van der Waals surface area (Å²) in [5.74, 6) is 0.350. The van der Waals surface area contributed by atoms with Crippen LogP contribution >= 0.6 is 0 Å². The Bertz CT molecular complexity index is 796. The van der Waals surface area contributed by atoms with Gasteiger partial charge in [-0.05, 0) is 18.6 Å². The lowest BCUT2D eigenvalue weighted by Gasteiger charge is -2.06. The Kier molecular flexibility index (Phi) is 3.19. The van der Waals surface area contributed by atoms with E-state index in [-0.39, 0.29) is 5.69 Å². The molecule has 3 rings (SSSR count). The van der Waals surface area contributed by atoms with Crippen LogP contribution in [0.25, 0.3) is 5.65 Å². The van der Waals surface area contributed by atoms with Crippen LogP contribution in [0.3, 0.4) is 0 Å². The van der Waals surface area contributed by atoms with Crippen LogP contribution in [0.5, 0.6) is 0 Å². The van der Waals surface area contributed by atoms with Crippen LogP contribution in [0.2, 0.25) is 0 Å². The number of hydrogen-bond acceptors (Lipinski definition) is 6. The maximum atomic E-state index is 10.7. The molecular formula is C13H12N6O2. The molecule has 0 amide bonds. The van der Waals surface area contributed by atoms with Crippen molar-refractivity contribution >= 4 is 17.4 Å². The molecule has 0 spiro atoms. The lowest BCUT2D eigenvalue weighted by atomic mass is 10.2. The highest BCUT2D eigenvalue weighted by molar-refractivity contribution is 5.85. The molecule has 3 heterocycles. The van der Waals surface area contributed by atoms with E-state index in [1.807, 2.05) is 11.3 Å². The van der Waals surface area contributed by atoms with E-state index in [2.05, 4.69) is 25.5 Å². The number of carboxylic acid groups (broad SMARTS) is 1. The average Bonchev–Trinajstić information content (AvgIpc) is 2.88. The summed E-state index contributed by atoms with van der Waals surface area (Å²) in [7, 11) is 0. The van der Waals surface area contributed by atoms with Gasteiger partial charge in [0.15, 0.2) is 5.82 Å². The first kappa shape index (κ1) is 13.0. The van der Waals surface area contributed by atoms with Gasteiger partial charge in [-0.25, -0.2) is 14.8 Å². The third-order valence-electron chi connectivity index (χ3n) is 3.00. The number of nitrogens with one attached hydrogen (secondary N) is 1. The zero-order valence-electron chi connectivity index (χ0n) is 11.2. The minimum Gasteiger partial charge on any atom is -0.477 e. The highest BCUT2D eigenvalue weighted by Gasteiger charge is 2.08. The van der Waals surface area contributed by atoms with Crippen molar-refractivity contribution in [2.75, 3.05) is 5.32 Å². The molecule has 0 radical (unpaired) electrons. The van der Waals surface area contributed by atoms with E-state index in [0.717, 1.165) is 11.4 Å². The van der Waals surface area contributed by atoms with Crippen LogP contribution in [-0.2, 0) is 6.54 Å². The van der Waals surface area contributed by atoms with E-state index >= 15 is 0 Å². The van der Waals surface area contributed by atoms with Crippen LogP contribution in [-0.4, -0.2) is 35.6 Å². The monoisotopic (exact) mass is 284 g/mol. The van der Waals surface area contributed by atoms with Crippen molar-refractivity contribution in [1.82, 2.24) is 24.6 Å². The first-order chi connectivity index (χ1) is 10.1. The molecule has 0 aromatic carbocycles. The Morgan fingerprint density at radius 2 is 2.19 bits per heavy atom. The predicted octanol–water partition coefficient (Wildman–Crippen LogP) is 1.14. The molecule has 2 N–H and O–H groups in total. The molecule has 0 saturated heterocycles. The molecule has 0 bridgehead atoms. The lowest BCUT2D eigenvalue weighted by Crippen LogP contribution is -2.06. The van der Waals surface area contributed by atoms with Crippen molar-refractivity contribution in [2.24, 2.45) is 0 Å². The summed E-state index contributed by atoms with van der Waals surface area (Å²) in [6, 6.07) is 3.17. The highest BCUT2D eigenvalue weighted by atomic mass is 16.4. The predicted molar refractivity (Wildman–Crippen MR) is 74.0 cm³/mol. The van der Waals surface area contributed by atoms with E-state index in [0.29, 0.717) is 18.0 Å². The lowest BCUT2D eigenvalue weighted by molar-refractivity contribution is 0.0690. The van der Waals surface area contributed by atoms with Gasteiger partial charge in [-0.15, -0.1) is 10.2 Å². The van der Waals surface area contributed by atoms with Gasteiger partial charge in [0, 0.05) is 25.1 Å². The normalized spacial score (nSPS) is 10.7. The molecule has 21 heavy (non-hydrogen) atoms. The van der Waals surface area contributed by atoms with Crippen LogP contribution in [0.15, 0.2) is 30.7 Å². The summed E-state index contributed by atoms with van der Waals surface area (Å²) in [5, 5.41) is 20.0. The zero-order valence-corrected chi connectivity index (χ0v) is 11.2. The van der Waals surface area contributed by atoms with Crippen molar-refractivity contribution in [3.8, 4) is 0 Å². The maximum absolute atomic E-state index is 10.7. The van der Waals surface area contributed by atoms with Gasteiger partial charge in [-0.1, -0.05) is 6.07 Å². The third kappa shape index (κ3) is 2.50. The fourth-order valence-electron chi connectivity index (χ4n) is 1.91. The minimum atomic E-state index is -1.04. The van der Waals surface area contributed by atoms with Gasteiger partial charge in [-0.2, -0.15) is 0 Å². The van der Waals surface area contributed by atoms with Crippen molar-refractivity contribution < 1.29 is 9.90 Å². The molecule has 0 aliphatic heterocycles. The van der Waals surface area contributed by atoms with Gasteiger partial charge in [-0.3, -0.25) is 4.40 Å². The standard InChI is InChI=1S/C13H12N6O2/c1-8-17-18-12-11(14-4-5-19(8)12)16-7-9-2-3-10(13(20)21)15-6-9/h2-6H,7H2,1H3,(H,14,16)(H,20,21). The fraction of sp³-hybridized carbons (Fsp3) is 0.154. The van der Waals surface area contributed by atoms with Gasteiger partial charge in [0.05, 0.1) is 0 Å². The molecule has 0 aliphatic rings. The summed E-state index contributed by atoms with van der Waals surface area (Å²) in [6.45, 7) is 2.32. The number of nitrogens with zero attached hydrogens (tertiary/aromatic N) is 5. The maximum Gasteiger partial charge on any atom is 0.354 e. The number of fused-ring (bicyclic) bond motifs is 1. The van der Waals surface area contributed by atoms with Gasteiger partial charge in [0.25, 0.3) is 0 Å². The molecular weight excluding hydrogens is 272 g/mol. The fourth-order valence-corrected chi connectivity index (χ4v) is 1.91. The largest absolute Gasteiger partial charge is 0.477 e. The molecule has 0 saturated carbocycles. The summed E-state index contributed by atoms with van der Waals surface area (Å²) >= 11 is 0. The number of aromatic nitrogens is 5. The summed E-state index contributed by atoms with van der Waals surface area (Å²) < 4.78 is 1.83. The molecule has 106 valence electrons. The van der Waals surface area contributed by atoms with Crippen LogP contribution in [0, 0.1) is 6.92 Å². The van der Waals surface area contributed by atoms with Crippen LogP contribution in [0.1, 0.15) is 21.9 Å². The second kappa shape index (κ2) is 5.16. The first-order valence-electron chi connectivity index (χ1n) is 6.23. The Labute approximate surface area is 119 Å². The minimum absolute atomic E-state index is 0.0204. The zero-order chi connectivity index (χ0) is 14.8. The van der Waals surface area contributed by atoms with Gasteiger partial charge < -0.3 is 10.4 Å². The highest BCUT2D eigenvalue weighted by Crippen LogP contribution is 2.13.